The van der Waals surface area contributed by atoms with Gasteiger partial charge < -0.3 is 9.64 Å². The lowest BCUT2D eigenvalue weighted by atomic mass is 10.2. The molecule has 0 aromatic rings. The fourth-order valence-electron chi connectivity index (χ4n) is 1.51. The molecule has 4 nitrogen and oxygen atoms in total. The maximum Gasteiger partial charge on any atom is 0.412 e. The fourth-order valence-corrected chi connectivity index (χ4v) is 1.65. The Labute approximate surface area is 108 Å². The highest BCUT2D eigenvalue weighted by molar-refractivity contribution is 7.80. The van der Waals surface area contributed by atoms with Crippen LogP contribution in [-0.2, 0) is 4.74 Å². The van der Waals surface area contributed by atoms with Crippen molar-refractivity contribution in [2.24, 2.45) is 0 Å². The topological polar surface area (TPSA) is 41.6 Å². The second-order valence-electron chi connectivity index (χ2n) is 5.05. The van der Waals surface area contributed by atoms with Crippen LogP contribution in [0.4, 0.5) is 4.79 Å². The second-order valence-corrected chi connectivity index (χ2v) is 5.49. The molecule has 5 heteroatoms. The molecule has 1 fully saturated rings. The molecule has 1 heterocycles. The van der Waals surface area contributed by atoms with Gasteiger partial charge in [0.15, 0.2) is 0 Å². The molecule has 1 N–H and O–H groups in total. The third-order valence-corrected chi connectivity index (χ3v) is 2.44. The van der Waals surface area contributed by atoms with E-state index in [1.165, 1.54) is 12.8 Å². The molecule has 0 spiro atoms. The van der Waals surface area contributed by atoms with Crippen LogP contribution in [0, 0.1) is 0 Å². The molecule has 0 atom stereocenters. The smallest absolute Gasteiger partial charge is 0.412 e. The van der Waals surface area contributed by atoms with Gasteiger partial charge in [-0.2, -0.15) is 0 Å². The highest BCUT2D eigenvalue weighted by Gasteiger charge is 2.16. The largest absolute Gasteiger partial charge is 0.444 e. The van der Waals surface area contributed by atoms with E-state index in [2.05, 4.69) is 10.2 Å². The van der Waals surface area contributed by atoms with E-state index in [4.69, 9.17) is 17.0 Å². The van der Waals surface area contributed by atoms with E-state index in [9.17, 15) is 4.79 Å². The summed E-state index contributed by atoms with van der Waals surface area (Å²) in [5.41, 5.74) is -0.502. The van der Waals surface area contributed by atoms with E-state index in [1.807, 2.05) is 27.0 Å². The number of carbonyl (C=O) groups excluding carboxylic acids is 1. The van der Waals surface area contributed by atoms with E-state index in [-0.39, 0.29) is 0 Å². The molecule has 1 aliphatic rings. The van der Waals surface area contributed by atoms with Crippen LogP contribution < -0.4 is 5.32 Å². The van der Waals surface area contributed by atoms with Gasteiger partial charge in [0.25, 0.3) is 0 Å². The molecule has 1 rings (SSSR count). The molecule has 0 aliphatic carbocycles. The number of amides is 1. The summed E-state index contributed by atoms with van der Waals surface area (Å²) in [6.07, 6.45) is 5.58. The molecular formula is C12H20N2O2S. The van der Waals surface area contributed by atoms with Gasteiger partial charge in [-0.05, 0) is 39.7 Å². The number of hydrogen-bond acceptors (Lipinski definition) is 4. The SMILES string of the molecule is CC(C)(C)OC(=O)NC(=S)/C=C/N1CCCC1. The first-order valence-electron chi connectivity index (χ1n) is 5.83. The van der Waals surface area contributed by atoms with Crippen LogP contribution in [0.1, 0.15) is 33.6 Å². The van der Waals surface area contributed by atoms with Gasteiger partial charge in [0.05, 0.1) is 0 Å². The Kier molecular flexibility index (Phi) is 4.93. The van der Waals surface area contributed by atoms with Crippen molar-refractivity contribution in [1.29, 1.82) is 0 Å². The minimum atomic E-state index is -0.506. The summed E-state index contributed by atoms with van der Waals surface area (Å²) in [4.78, 5) is 14.0. The maximum atomic E-state index is 11.4. The molecule has 96 valence electrons. The Morgan fingerprint density at radius 3 is 2.47 bits per heavy atom. The van der Waals surface area contributed by atoms with Crippen LogP contribution in [0.25, 0.3) is 0 Å². The minimum Gasteiger partial charge on any atom is -0.444 e. The van der Waals surface area contributed by atoms with Crippen molar-refractivity contribution < 1.29 is 9.53 Å². The highest BCUT2D eigenvalue weighted by Crippen LogP contribution is 2.08. The van der Waals surface area contributed by atoms with Crippen molar-refractivity contribution >= 4 is 23.3 Å². The second kappa shape index (κ2) is 6.00. The molecule has 0 radical (unpaired) electrons. The van der Waals surface area contributed by atoms with Crippen LogP contribution in [0.15, 0.2) is 12.3 Å². The van der Waals surface area contributed by atoms with Crippen molar-refractivity contribution in [1.82, 2.24) is 10.2 Å². The van der Waals surface area contributed by atoms with Gasteiger partial charge in [-0.3, -0.25) is 5.32 Å². The van der Waals surface area contributed by atoms with E-state index in [0.717, 1.165) is 13.1 Å². The van der Waals surface area contributed by atoms with Crippen molar-refractivity contribution in [2.75, 3.05) is 13.1 Å². The first kappa shape index (κ1) is 14.0. The first-order valence-corrected chi connectivity index (χ1v) is 6.24. The zero-order valence-electron chi connectivity index (χ0n) is 10.7. The predicted octanol–water partition coefficient (Wildman–Crippen LogP) is 2.45. The van der Waals surface area contributed by atoms with E-state index < -0.39 is 11.7 Å². The molecule has 0 bridgehead atoms. The number of likely N-dealkylation sites (tertiary alicyclic amines) is 1. The number of alkyl carbamates (subject to hydrolysis) is 1. The van der Waals surface area contributed by atoms with Crippen LogP contribution in [0.5, 0.6) is 0 Å². The Balaban J connectivity index is 2.31. The molecular weight excluding hydrogens is 236 g/mol. The van der Waals surface area contributed by atoms with Gasteiger partial charge in [-0.1, -0.05) is 12.2 Å². The van der Waals surface area contributed by atoms with Gasteiger partial charge in [-0.25, -0.2) is 4.79 Å². The average molecular weight is 256 g/mol. The summed E-state index contributed by atoms with van der Waals surface area (Å²) in [5, 5.41) is 2.52. The van der Waals surface area contributed by atoms with Crippen LogP contribution in [-0.4, -0.2) is 34.7 Å². The van der Waals surface area contributed by atoms with Gasteiger partial charge in [0.2, 0.25) is 0 Å². The highest BCUT2D eigenvalue weighted by atomic mass is 32.1. The van der Waals surface area contributed by atoms with Gasteiger partial charge >= 0.3 is 6.09 Å². The summed E-state index contributed by atoms with van der Waals surface area (Å²) < 4.78 is 5.10. The van der Waals surface area contributed by atoms with Gasteiger partial charge in [0, 0.05) is 19.3 Å². The van der Waals surface area contributed by atoms with Crippen molar-refractivity contribution in [2.45, 2.75) is 39.2 Å². The molecule has 0 aromatic heterocycles. The van der Waals surface area contributed by atoms with Gasteiger partial charge in [-0.15, -0.1) is 0 Å². The molecule has 17 heavy (non-hydrogen) atoms. The average Bonchev–Trinajstić information content (AvgIpc) is 2.63. The minimum absolute atomic E-state index is 0.381. The third-order valence-electron chi connectivity index (χ3n) is 2.20. The normalized spacial score (nSPS) is 16.3. The summed E-state index contributed by atoms with van der Waals surface area (Å²) in [6.45, 7) is 7.57. The monoisotopic (exact) mass is 256 g/mol. The summed E-state index contributed by atoms with van der Waals surface area (Å²) in [6, 6.07) is 0. The molecule has 1 amide bonds. The number of ether oxygens (including phenoxy) is 1. The molecule has 1 aliphatic heterocycles. The van der Waals surface area contributed by atoms with Crippen molar-refractivity contribution in [3.8, 4) is 0 Å². The lowest BCUT2D eigenvalue weighted by Gasteiger charge is -2.19. The molecule has 0 unspecified atom stereocenters. The molecule has 0 aromatic carbocycles. The number of nitrogens with zero attached hydrogens (tertiary/aromatic N) is 1. The van der Waals surface area contributed by atoms with Crippen LogP contribution in [0.2, 0.25) is 0 Å². The molecule has 1 saturated heterocycles. The number of thiocarbonyl (C=S) groups is 1. The zero-order chi connectivity index (χ0) is 12.9. The fraction of sp³-hybridized carbons (Fsp3) is 0.667. The summed E-state index contributed by atoms with van der Waals surface area (Å²) in [5.74, 6) is 0. The quantitative estimate of drug-likeness (QED) is 0.608. The Bertz CT molecular complexity index is 315. The van der Waals surface area contributed by atoms with Crippen molar-refractivity contribution in [3.05, 3.63) is 12.3 Å². The van der Waals surface area contributed by atoms with E-state index in [1.54, 1.807) is 6.08 Å². The third kappa shape index (κ3) is 6.26. The molecule has 0 saturated carbocycles. The standard InChI is InChI=1S/C12H20N2O2S/c1-12(2,3)16-11(15)13-10(17)6-9-14-7-4-5-8-14/h6,9H,4-5,7-8H2,1-3H3,(H,13,15,17)/b9-6+. The Morgan fingerprint density at radius 1 is 1.35 bits per heavy atom. The summed E-state index contributed by atoms with van der Waals surface area (Å²) in [7, 11) is 0. The van der Waals surface area contributed by atoms with Gasteiger partial charge in [0.1, 0.15) is 10.6 Å². The van der Waals surface area contributed by atoms with E-state index >= 15 is 0 Å². The predicted molar refractivity (Wildman–Crippen MR) is 71.9 cm³/mol. The zero-order valence-corrected chi connectivity index (χ0v) is 11.5. The first-order chi connectivity index (χ1) is 7.87. The lowest BCUT2D eigenvalue weighted by Crippen LogP contribution is -2.34. The number of nitrogens with one attached hydrogen (secondary N) is 1. The van der Waals surface area contributed by atoms with E-state index in [0.29, 0.717) is 4.99 Å². The maximum absolute atomic E-state index is 11.4. The van der Waals surface area contributed by atoms with Crippen molar-refractivity contribution in [3.63, 3.8) is 0 Å². The Morgan fingerprint density at radius 2 is 1.94 bits per heavy atom. The summed E-state index contributed by atoms with van der Waals surface area (Å²) >= 11 is 5.03. The Hall–Kier alpha value is -1.10. The van der Waals surface area contributed by atoms with Crippen LogP contribution >= 0.6 is 12.2 Å². The number of hydrogen-bond donors (Lipinski definition) is 1. The van der Waals surface area contributed by atoms with Crippen LogP contribution in [0.3, 0.4) is 0 Å². The lowest BCUT2D eigenvalue weighted by molar-refractivity contribution is 0.0564. The number of carbonyl (C=O) groups is 1. The number of rotatable bonds is 2.